The zero-order chi connectivity index (χ0) is 43.8. The van der Waals surface area contributed by atoms with Crippen molar-refractivity contribution >= 4 is 40.9 Å². The van der Waals surface area contributed by atoms with Crippen molar-refractivity contribution in [2.45, 2.75) is 152 Å². The highest BCUT2D eigenvalue weighted by atomic mass is 35.5. The summed E-state index contributed by atoms with van der Waals surface area (Å²) in [6.45, 7) is 21.4. The Hall–Kier alpha value is -2.71. The Morgan fingerprint density at radius 1 is 0.817 bits per heavy atom. The van der Waals surface area contributed by atoms with Crippen molar-refractivity contribution < 1.29 is 29.3 Å². The second kappa shape index (κ2) is 16.1. The van der Waals surface area contributed by atoms with Gasteiger partial charge in [-0.25, -0.2) is 0 Å². The molecule has 0 radical (unpaired) electrons. The van der Waals surface area contributed by atoms with Crippen LogP contribution >= 0.6 is 23.2 Å². The molecule has 9 atom stereocenters. The van der Waals surface area contributed by atoms with Gasteiger partial charge in [-0.1, -0.05) is 102 Å². The summed E-state index contributed by atoms with van der Waals surface area (Å²) in [5.41, 5.74) is 2.41. The number of rotatable bonds is 12. The van der Waals surface area contributed by atoms with Crippen molar-refractivity contribution in [3.05, 3.63) is 80.8 Å². The Bertz CT molecular complexity index is 1960. The molecule has 4 fully saturated rings. The maximum absolute atomic E-state index is 14.4. The molecule has 0 amide bonds. The molecule has 0 saturated heterocycles. The summed E-state index contributed by atoms with van der Waals surface area (Å²) in [5, 5.41) is 23.9. The summed E-state index contributed by atoms with van der Waals surface area (Å²) in [6, 6.07) is 15.9. The van der Waals surface area contributed by atoms with E-state index in [0.717, 1.165) is 68.1 Å². The first-order valence-electron chi connectivity index (χ1n) is 22.6. The lowest BCUT2D eigenvalue weighted by atomic mass is 9.33. The van der Waals surface area contributed by atoms with E-state index in [2.05, 4.69) is 53.4 Å². The van der Waals surface area contributed by atoms with Gasteiger partial charge in [0.25, 0.3) is 0 Å². The first kappa shape index (κ1) is 45.3. The molecule has 2 aromatic carbocycles. The molecule has 5 aliphatic rings. The highest BCUT2D eigenvalue weighted by Crippen LogP contribution is 2.77. The summed E-state index contributed by atoms with van der Waals surface area (Å²) in [6.07, 6.45) is 6.85. The largest absolute Gasteiger partial charge is 0.481 e. The van der Waals surface area contributed by atoms with Gasteiger partial charge in [0.1, 0.15) is 6.10 Å². The number of aliphatic hydroxyl groups excluding tert-OH is 1. The van der Waals surface area contributed by atoms with E-state index in [0.29, 0.717) is 47.9 Å². The molecule has 9 heteroatoms. The van der Waals surface area contributed by atoms with Gasteiger partial charge in [0, 0.05) is 46.9 Å². The van der Waals surface area contributed by atoms with Gasteiger partial charge >= 0.3 is 11.9 Å². The minimum atomic E-state index is -1.18. The molecule has 4 saturated carbocycles. The van der Waals surface area contributed by atoms with Gasteiger partial charge < -0.3 is 14.9 Å². The summed E-state index contributed by atoms with van der Waals surface area (Å²) in [7, 11) is 0. The van der Waals surface area contributed by atoms with E-state index in [-0.39, 0.29) is 51.8 Å². The molecular weight excluding hydrogens is 793 g/mol. The van der Waals surface area contributed by atoms with E-state index in [1.54, 1.807) is 13.8 Å². The van der Waals surface area contributed by atoms with Gasteiger partial charge in [0.15, 0.2) is 5.78 Å². The summed E-state index contributed by atoms with van der Waals surface area (Å²) >= 11 is 12.6. The third kappa shape index (κ3) is 7.61. The number of carboxylic acids is 1. The smallest absolute Gasteiger partial charge is 0.309 e. The molecule has 7 rings (SSSR count). The van der Waals surface area contributed by atoms with Crippen LogP contribution in [0.4, 0.5) is 0 Å². The maximum atomic E-state index is 14.4. The van der Waals surface area contributed by atoms with Crippen molar-refractivity contribution in [1.29, 1.82) is 0 Å². The summed E-state index contributed by atoms with van der Waals surface area (Å²) in [5.74, 6) is -0.129. The molecule has 0 aromatic heterocycles. The highest BCUT2D eigenvalue weighted by Gasteiger charge is 2.71. The van der Waals surface area contributed by atoms with Crippen LogP contribution in [0, 0.1) is 56.2 Å². The van der Waals surface area contributed by atoms with Crippen molar-refractivity contribution in [3.63, 3.8) is 0 Å². The first-order chi connectivity index (χ1) is 28.0. The van der Waals surface area contributed by atoms with Crippen LogP contribution in [0.2, 0.25) is 10.0 Å². The van der Waals surface area contributed by atoms with Gasteiger partial charge in [-0.2, -0.15) is 0 Å². The number of fused-ring (bicyclic) bond motifs is 7. The Kier molecular flexibility index (Phi) is 12.2. The average molecular weight is 863 g/mol. The highest BCUT2D eigenvalue weighted by molar-refractivity contribution is 6.30. The minimum absolute atomic E-state index is 0.0132. The molecule has 7 nitrogen and oxygen atoms in total. The SMILES string of the molecule is CC(C)C1=C2[C@H]3CC[C@@H]4[C@@]5(C)CC[C@H](OC(=O)CC(C)(C)C(=O)O)C(C)(C)C5CC[C@@]4(C)[C@]3(C)CC[C@@]2([C@@H](O)CN(Cc2ccc(Cl)cc2)Cc2ccc(Cl)cc2)CC1=O. The molecule has 5 aliphatic carbocycles. The third-order valence-corrected chi connectivity index (χ3v) is 18.1. The molecule has 0 bridgehead atoms. The molecule has 2 aromatic rings. The Morgan fingerprint density at radius 3 is 1.95 bits per heavy atom. The number of ketones is 1. The zero-order valence-electron chi connectivity index (χ0n) is 37.5. The number of allylic oxidation sites excluding steroid dienone is 1. The Balaban J connectivity index is 1.17. The first-order valence-corrected chi connectivity index (χ1v) is 23.3. The van der Waals surface area contributed by atoms with Gasteiger partial charge in [0.05, 0.1) is 17.9 Å². The number of aliphatic hydroxyl groups is 1. The number of halogens is 2. The molecule has 2 N–H and O–H groups in total. The lowest BCUT2D eigenvalue weighted by molar-refractivity contribution is -0.235. The molecular formula is C51H69Cl2NO6. The number of aliphatic carboxylic acids is 1. The van der Waals surface area contributed by atoms with Gasteiger partial charge in [-0.3, -0.25) is 19.3 Å². The molecule has 0 heterocycles. The number of hydrogen-bond acceptors (Lipinski definition) is 6. The van der Waals surface area contributed by atoms with Crippen LogP contribution in [0.5, 0.6) is 0 Å². The van der Waals surface area contributed by atoms with Gasteiger partial charge in [-0.15, -0.1) is 0 Å². The number of esters is 1. The van der Waals surface area contributed by atoms with Crippen molar-refractivity contribution in [2.24, 2.45) is 56.2 Å². The van der Waals surface area contributed by atoms with Crippen LogP contribution < -0.4 is 0 Å². The predicted molar refractivity (Wildman–Crippen MR) is 238 cm³/mol. The van der Waals surface area contributed by atoms with Gasteiger partial charge in [-0.05, 0) is 146 Å². The topological polar surface area (TPSA) is 104 Å². The fraction of sp³-hybridized carbons (Fsp3) is 0.667. The molecule has 60 heavy (non-hydrogen) atoms. The van der Waals surface area contributed by atoms with Crippen LogP contribution in [0.15, 0.2) is 59.7 Å². The lowest BCUT2D eigenvalue weighted by Gasteiger charge is -2.72. The second-order valence-electron chi connectivity index (χ2n) is 22.0. The second-order valence-corrected chi connectivity index (χ2v) is 22.9. The number of carboxylic acid groups (broad SMARTS) is 1. The number of nitrogens with zero attached hydrogens (tertiary/aromatic N) is 1. The maximum Gasteiger partial charge on any atom is 0.309 e. The average Bonchev–Trinajstić information content (AvgIpc) is 3.48. The van der Waals surface area contributed by atoms with Crippen LogP contribution in [0.1, 0.15) is 138 Å². The number of ether oxygens (including phenoxy) is 1. The normalized spacial score (nSPS) is 34.1. The summed E-state index contributed by atoms with van der Waals surface area (Å²) in [4.78, 5) is 41.7. The predicted octanol–water partition coefficient (Wildman–Crippen LogP) is 11.7. The van der Waals surface area contributed by atoms with E-state index in [1.807, 2.05) is 48.5 Å². The number of carbonyl (C=O) groups excluding carboxylic acids is 2. The number of hydrogen-bond donors (Lipinski definition) is 2. The van der Waals surface area contributed by atoms with Crippen LogP contribution in [-0.2, 0) is 32.2 Å². The zero-order valence-corrected chi connectivity index (χ0v) is 39.0. The molecule has 328 valence electrons. The quantitative estimate of drug-likeness (QED) is 0.205. The van der Waals surface area contributed by atoms with E-state index < -0.39 is 28.9 Å². The standard InChI is InChI=1S/C51H69Cl2NO6/c1-31(2)43-37(55)26-51(40(56)30-54(28-32-10-14-34(52)15-11-32)29-33-12-16-35(53)17-13-33)25-24-49(8)36(44(43)51)18-19-39-48(7)22-21-41(60-42(57)27-46(3,4)45(58)59)47(5,6)38(48)20-23-50(39,49)9/h10-17,31,36,38-41,56H,18-30H2,1-9H3,(H,58,59)/t36-,38?,39-,40+,41+,48+,49-,50-,51+/m1/s1. The van der Waals surface area contributed by atoms with Crippen LogP contribution in [-0.4, -0.2) is 51.6 Å². The number of carbonyl (C=O) groups is 3. The molecule has 0 spiro atoms. The van der Waals surface area contributed by atoms with Crippen LogP contribution in [0.25, 0.3) is 0 Å². The minimum Gasteiger partial charge on any atom is -0.481 e. The van der Waals surface area contributed by atoms with Crippen molar-refractivity contribution in [1.82, 2.24) is 4.90 Å². The van der Waals surface area contributed by atoms with E-state index in [4.69, 9.17) is 27.9 Å². The Labute approximate surface area is 369 Å². The fourth-order valence-corrected chi connectivity index (χ4v) is 14.5. The fourth-order valence-electron chi connectivity index (χ4n) is 14.2. The lowest BCUT2D eigenvalue weighted by Crippen LogP contribution is -2.66. The van der Waals surface area contributed by atoms with E-state index in [9.17, 15) is 24.6 Å². The van der Waals surface area contributed by atoms with Crippen molar-refractivity contribution in [2.75, 3.05) is 6.54 Å². The van der Waals surface area contributed by atoms with E-state index >= 15 is 0 Å². The van der Waals surface area contributed by atoms with Crippen LogP contribution in [0.3, 0.4) is 0 Å². The molecule has 1 unspecified atom stereocenters. The number of Topliss-reactive ketones (excluding diaryl/α,β-unsaturated/α-hetero) is 1. The van der Waals surface area contributed by atoms with Gasteiger partial charge in [0.2, 0.25) is 0 Å². The summed E-state index contributed by atoms with van der Waals surface area (Å²) < 4.78 is 6.20. The van der Waals surface area contributed by atoms with E-state index in [1.165, 1.54) is 5.57 Å². The Morgan fingerprint density at radius 2 is 1.40 bits per heavy atom. The van der Waals surface area contributed by atoms with Crippen molar-refractivity contribution in [3.8, 4) is 0 Å². The monoisotopic (exact) mass is 861 g/mol. The third-order valence-electron chi connectivity index (χ3n) is 17.6. The molecule has 0 aliphatic heterocycles. The number of benzene rings is 2.